The fourth-order valence-corrected chi connectivity index (χ4v) is 1.11. The molecule has 0 spiro atoms. The molecule has 0 saturated carbocycles. The van der Waals surface area contributed by atoms with Crippen LogP contribution < -0.4 is 5.32 Å². The van der Waals surface area contributed by atoms with Crippen molar-refractivity contribution in [2.24, 2.45) is 0 Å². The lowest BCUT2D eigenvalue weighted by Gasteiger charge is -2.05. The van der Waals surface area contributed by atoms with Crippen molar-refractivity contribution in [2.75, 3.05) is 0 Å². The molecule has 0 bridgehead atoms. The number of aromatic amines is 1. The average Bonchev–Trinajstić information content (AvgIpc) is 2.76. The summed E-state index contributed by atoms with van der Waals surface area (Å²) in [4.78, 5) is 25.0. The molecule has 0 atom stereocenters. The molecule has 0 aromatic carbocycles. The Morgan fingerprint density at radius 1 is 1.38 bits per heavy atom. The Balaban J connectivity index is 2.59. The number of carboxylic acids is 1. The van der Waals surface area contributed by atoms with Crippen LogP contribution in [0.25, 0.3) is 0 Å². The molecule has 1 aromatic rings. The number of nitrogens with one attached hydrogen (secondary N) is 2. The zero-order valence-electron chi connectivity index (χ0n) is 9.20. The van der Waals surface area contributed by atoms with Crippen molar-refractivity contribution in [3.63, 3.8) is 0 Å². The number of rotatable bonds is 4. The number of aliphatic carboxylic acids is 1. The second-order valence-electron chi connectivity index (χ2n) is 3.46. The van der Waals surface area contributed by atoms with Crippen molar-refractivity contribution in [1.29, 1.82) is 0 Å². The molecular formula is C11H14N2O3. The van der Waals surface area contributed by atoms with Crippen LogP contribution in [0.1, 0.15) is 19.4 Å². The molecule has 86 valence electrons. The smallest absolute Gasteiger partial charge is 0.331 e. The van der Waals surface area contributed by atoms with Gasteiger partial charge in [0.2, 0.25) is 5.91 Å². The first-order valence-electron chi connectivity index (χ1n) is 4.83. The van der Waals surface area contributed by atoms with Gasteiger partial charge in [-0.1, -0.05) is 0 Å². The van der Waals surface area contributed by atoms with Gasteiger partial charge in [0.05, 0.1) is 0 Å². The van der Waals surface area contributed by atoms with Crippen molar-refractivity contribution in [3.8, 4) is 0 Å². The van der Waals surface area contributed by atoms with Gasteiger partial charge in [-0.2, -0.15) is 0 Å². The number of H-pyrrole nitrogens is 1. The van der Waals surface area contributed by atoms with Crippen LogP contribution >= 0.6 is 0 Å². The van der Waals surface area contributed by atoms with Crippen molar-refractivity contribution in [2.45, 2.75) is 20.4 Å². The Kier molecular flexibility index (Phi) is 3.88. The number of amides is 1. The monoisotopic (exact) mass is 222 g/mol. The van der Waals surface area contributed by atoms with Gasteiger partial charge in [0.25, 0.3) is 0 Å². The maximum atomic E-state index is 11.5. The van der Waals surface area contributed by atoms with Gasteiger partial charge in [0.15, 0.2) is 0 Å². The first kappa shape index (κ1) is 12.0. The van der Waals surface area contributed by atoms with Crippen LogP contribution in [0, 0.1) is 0 Å². The molecule has 0 radical (unpaired) electrons. The fourth-order valence-electron chi connectivity index (χ4n) is 1.11. The molecule has 0 aliphatic heterocycles. The van der Waals surface area contributed by atoms with Gasteiger partial charge in [0.1, 0.15) is 0 Å². The quantitative estimate of drug-likeness (QED) is 0.666. The van der Waals surface area contributed by atoms with Gasteiger partial charge in [0, 0.05) is 30.1 Å². The van der Waals surface area contributed by atoms with E-state index in [-0.39, 0.29) is 17.1 Å². The number of aromatic nitrogens is 1. The Morgan fingerprint density at radius 3 is 2.56 bits per heavy atom. The first-order valence-corrected chi connectivity index (χ1v) is 4.83. The minimum absolute atomic E-state index is 0.0616. The average molecular weight is 222 g/mol. The van der Waals surface area contributed by atoms with Crippen LogP contribution in [-0.2, 0) is 16.1 Å². The van der Waals surface area contributed by atoms with Crippen molar-refractivity contribution < 1.29 is 14.7 Å². The molecule has 0 saturated heterocycles. The molecule has 0 aliphatic rings. The Morgan fingerprint density at radius 2 is 2.06 bits per heavy atom. The summed E-state index contributed by atoms with van der Waals surface area (Å²) >= 11 is 0. The molecular weight excluding hydrogens is 208 g/mol. The molecule has 5 heteroatoms. The molecule has 0 fully saturated rings. The van der Waals surface area contributed by atoms with E-state index in [2.05, 4.69) is 10.3 Å². The van der Waals surface area contributed by atoms with Crippen LogP contribution in [0.5, 0.6) is 0 Å². The molecule has 0 aliphatic carbocycles. The van der Waals surface area contributed by atoms with Crippen molar-refractivity contribution >= 4 is 11.9 Å². The van der Waals surface area contributed by atoms with Crippen molar-refractivity contribution in [1.82, 2.24) is 10.3 Å². The maximum absolute atomic E-state index is 11.5. The lowest BCUT2D eigenvalue weighted by atomic mass is 10.1. The molecule has 3 N–H and O–H groups in total. The normalized spacial score (nSPS) is 11.9. The van der Waals surface area contributed by atoms with Gasteiger partial charge < -0.3 is 15.4 Å². The van der Waals surface area contributed by atoms with E-state index in [0.29, 0.717) is 6.54 Å². The molecule has 1 rings (SSSR count). The number of hydrogen-bond acceptors (Lipinski definition) is 2. The first-order chi connectivity index (χ1) is 7.52. The van der Waals surface area contributed by atoms with E-state index in [9.17, 15) is 9.59 Å². The summed E-state index contributed by atoms with van der Waals surface area (Å²) in [6, 6.07) is 1.84. The molecule has 16 heavy (non-hydrogen) atoms. The lowest BCUT2D eigenvalue weighted by molar-refractivity contribution is -0.133. The Hall–Kier alpha value is -2.04. The van der Waals surface area contributed by atoms with E-state index in [1.54, 1.807) is 12.4 Å². The highest BCUT2D eigenvalue weighted by Gasteiger charge is 2.11. The molecule has 1 amide bonds. The topological polar surface area (TPSA) is 82.2 Å². The lowest BCUT2D eigenvalue weighted by Crippen LogP contribution is -2.24. The third kappa shape index (κ3) is 2.98. The second kappa shape index (κ2) is 5.16. The van der Waals surface area contributed by atoms with Crippen LogP contribution in [-0.4, -0.2) is 22.0 Å². The summed E-state index contributed by atoms with van der Waals surface area (Å²) in [7, 11) is 0. The fraction of sp³-hybridized carbons (Fsp3) is 0.273. The summed E-state index contributed by atoms with van der Waals surface area (Å²) in [5.41, 5.74) is 1.23. The van der Waals surface area contributed by atoms with E-state index in [0.717, 1.165) is 5.56 Å². The highest BCUT2D eigenvalue weighted by molar-refractivity contribution is 6.01. The number of carboxylic acid groups (broad SMARTS) is 1. The molecule has 1 aromatic heterocycles. The van der Waals surface area contributed by atoms with Gasteiger partial charge in [-0.25, -0.2) is 4.79 Å². The van der Waals surface area contributed by atoms with Crippen LogP contribution in [0.15, 0.2) is 29.6 Å². The van der Waals surface area contributed by atoms with Gasteiger partial charge in [-0.05, 0) is 25.5 Å². The van der Waals surface area contributed by atoms with E-state index in [1.165, 1.54) is 13.8 Å². The summed E-state index contributed by atoms with van der Waals surface area (Å²) < 4.78 is 0. The number of hydrogen-bond donors (Lipinski definition) is 3. The van der Waals surface area contributed by atoms with E-state index in [4.69, 9.17) is 5.11 Å². The third-order valence-electron chi connectivity index (χ3n) is 2.34. The Labute approximate surface area is 93.2 Å². The Bertz CT molecular complexity index is 418. The van der Waals surface area contributed by atoms with Crippen molar-refractivity contribution in [3.05, 3.63) is 35.2 Å². The highest BCUT2D eigenvalue weighted by atomic mass is 16.4. The van der Waals surface area contributed by atoms with Gasteiger partial charge >= 0.3 is 5.97 Å². The van der Waals surface area contributed by atoms with Gasteiger partial charge in [-0.15, -0.1) is 0 Å². The maximum Gasteiger partial charge on any atom is 0.331 e. The van der Waals surface area contributed by atoms with E-state index in [1.807, 2.05) is 6.07 Å². The number of carbonyl (C=O) groups is 2. The van der Waals surface area contributed by atoms with E-state index < -0.39 is 5.97 Å². The summed E-state index contributed by atoms with van der Waals surface area (Å²) in [6.07, 6.45) is 3.52. The minimum Gasteiger partial charge on any atom is -0.478 e. The largest absolute Gasteiger partial charge is 0.478 e. The third-order valence-corrected chi connectivity index (χ3v) is 2.34. The standard InChI is InChI=1S/C11H14N2O3/c1-7(8(2)11(15)16)10(14)13-6-9-3-4-12-5-9/h3-5,12H,6H2,1-2H3,(H,13,14)(H,15,16)/b8-7+. The highest BCUT2D eigenvalue weighted by Crippen LogP contribution is 2.04. The summed E-state index contributed by atoms with van der Waals surface area (Å²) in [6.45, 7) is 3.29. The second-order valence-corrected chi connectivity index (χ2v) is 3.46. The predicted octanol–water partition coefficient (Wildman–Crippen LogP) is 1.05. The molecule has 1 heterocycles. The summed E-state index contributed by atoms with van der Waals surface area (Å²) in [5, 5.41) is 11.4. The van der Waals surface area contributed by atoms with Crippen LogP contribution in [0.3, 0.4) is 0 Å². The summed E-state index contributed by atoms with van der Waals surface area (Å²) in [5.74, 6) is -1.43. The SMILES string of the molecule is C/C(C(=O)O)=C(/C)C(=O)NCc1cc[nH]c1. The van der Waals surface area contributed by atoms with Crippen LogP contribution in [0.4, 0.5) is 0 Å². The number of carbonyl (C=O) groups excluding carboxylic acids is 1. The van der Waals surface area contributed by atoms with Crippen LogP contribution in [0.2, 0.25) is 0 Å². The van der Waals surface area contributed by atoms with E-state index >= 15 is 0 Å². The zero-order chi connectivity index (χ0) is 12.1. The predicted molar refractivity (Wildman–Crippen MR) is 58.6 cm³/mol. The van der Waals surface area contributed by atoms with Gasteiger partial charge in [-0.3, -0.25) is 4.79 Å². The minimum atomic E-state index is -1.07. The zero-order valence-corrected chi connectivity index (χ0v) is 9.20. The molecule has 5 nitrogen and oxygen atoms in total. The molecule has 0 unspecified atom stereocenters.